The maximum atomic E-state index is 11.5. The highest BCUT2D eigenvalue weighted by atomic mass is 16.2. The van der Waals surface area contributed by atoms with Crippen LogP contribution in [-0.2, 0) is 0 Å². The lowest BCUT2D eigenvalue weighted by Crippen LogP contribution is -2.36. The molecule has 0 saturated heterocycles. The average Bonchev–Trinajstić information content (AvgIpc) is 2.45. The number of carbonyl (C=O) groups is 1. The molecule has 2 N–H and O–H groups in total. The monoisotopic (exact) mass is 284 g/mol. The molecule has 0 aliphatic heterocycles. The number of amides is 2. The van der Waals surface area contributed by atoms with Crippen LogP contribution < -0.4 is 10.6 Å². The zero-order valence-electron chi connectivity index (χ0n) is 13.8. The molecule has 120 valence electrons. The third kappa shape index (κ3) is 15.3. The molecular weight excluding hydrogens is 248 g/mol. The minimum atomic E-state index is 0.00659. The summed E-state index contributed by atoms with van der Waals surface area (Å²) in [5.74, 6) is 0. The fraction of sp³-hybridized carbons (Fsp3) is 0.941. The molecule has 0 saturated carbocycles. The summed E-state index contributed by atoms with van der Waals surface area (Å²) in [5.41, 5.74) is 0. The third-order valence-electron chi connectivity index (χ3n) is 3.63. The molecule has 0 aromatic carbocycles. The topological polar surface area (TPSA) is 41.1 Å². The molecule has 0 atom stereocenters. The van der Waals surface area contributed by atoms with Gasteiger partial charge in [0.2, 0.25) is 0 Å². The van der Waals surface area contributed by atoms with Gasteiger partial charge in [-0.25, -0.2) is 4.79 Å². The van der Waals surface area contributed by atoms with E-state index >= 15 is 0 Å². The maximum absolute atomic E-state index is 11.5. The van der Waals surface area contributed by atoms with Crippen molar-refractivity contribution in [2.45, 2.75) is 90.9 Å². The number of carbonyl (C=O) groups excluding carboxylic acids is 1. The summed E-state index contributed by atoms with van der Waals surface area (Å²) in [7, 11) is 0. The van der Waals surface area contributed by atoms with Crippen molar-refractivity contribution in [1.82, 2.24) is 10.6 Å². The van der Waals surface area contributed by atoms with Gasteiger partial charge >= 0.3 is 6.03 Å². The Bertz CT molecular complexity index is 187. The molecule has 0 spiro atoms. The Morgan fingerprint density at radius 3 is 1.35 bits per heavy atom. The summed E-state index contributed by atoms with van der Waals surface area (Å²) in [5, 5.41) is 5.87. The molecule has 0 rings (SSSR count). The van der Waals surface area contributed by atoms with E-state index in [1.54, 1.807) is 0 Å². The van der Waals surface area contributed by atoms with Gasteiger partial charge in [-0.2, -0.15) is 0 Å². The SMILES string of the molecule is CCCCCCCCNC(=O)NCCCCCCCC. The van der Waals surface area contributed by atoms with Crippen LogP contribution in [0.1, 0.15) is 90.9 Å². The van der Waals surface area contributed by atoms with Crippen molar-refractivity contribution < 1.29 is 4.79 Å². The Labute approximate surface area is 126 Å². The van der Waals surface area contributed by atoms with Crippen LogP contribution in [0.4, 0.5) is 4.79 Å². The van der Waals surface area contributed by atoms with Crippen LogP contribution >= 0.6 is 0 Å². The largest absolute Gasteiger partial charge is 0.338 e. The second-order valence-corrected chi connectivity index (χ2v) is 5.72. The number of urea groups is 1. The van der Waals surface area contributed by atoms with Gasteiger partial charge in [-0.15, -0.1) is 0 Å². The van der Waals surface area contributed by atoms with Gasteiger partial charge in [0.05, 0.1) is 0 Å². The summed E-state index contributed by atoms with van der Waals surface area (Å²) in [6.07, 6.45) is 15.2. The van der Waals surface area contributed by atoms with Crippen molar-refractivity contribution >= 4 is 6.03 Å². The summed E-state index contributed by atoms with van der Waals surface area (Å²) < 4.78 is 0. The van der Waals surface area contributed by atoms with E-state index in [1.165, 1.54) is 64.2 Å². The molecule has 3 nitrogen and oxygen atoms in total. The van der Waals surface area contributed by atoms with Gasteiger partial charge in [-0.1, -0.05) is 78.1 Å². The van der Waals surface area contributed by atoms with Gasteiger partial charge in [0, 0.05) is 13.1 Å². The number of nitrogens with one attached hydrogen (secondary N) is 2. The molecule has 0 fully saturated rings. The van der Waals surface area contributed by atoms with E-state index in [0.717, 1.165) is 25.9 Å². The fourth-order valence-electron chi connectivity index (χ4n) is 2.28. The second-order valence-electron chi connectivity index (χ2n) is 5.72. The lowest BCUT2D eigenvalue weighted by Gasteiger charge is -2.07. The molecular formula is C17H36N2O. The van der Waals surface area contributed by atoms with Gasteiger partial charge in [-0.3, -0.25) is 0 Å². The van der Waals surface area contributed by atoms with E-state index in [9.17, 15) is 4.79 Å². The number of unbranched alkanes of at least 4 members (excludes halogenated alkanes) is 10. The molecule has 0 aliphatic carbocycles. The van der Waals surface area contributed by atoms with Crippen LogP contribution in [0, 0.1) is 0 Å². The predicted molar refractivity (Wildman–Crippen MR) is 88.2 cm³/mol. The molecule has 2 amide bonds. The minimum absolute atomic E-state index is 0.00659. The van der Waals surface area contributed by atoms with Gasteiger partial charge in [0.1, 0.15) is 0 Å². The minimum Gasteiger partial charge on any atom is -0.338 e. The van der Waals surface area contributed by atoms with Crippen molar-refractivity contribution in [2.75, 3.05) is 13.1 Å². The molecule has 0 bridgehead atoms. The Morgan fingerprint density at radius 1 is 0.600 bits per heavy atom. The summed E-state index contributed by atoms with van der Waals surface area (Å²) in [4.78, 5) is 11.5. The van der Waals surface area contributed by atoms with Crippen molar-refractivity contribution in [1.29, 1.82) is 0 Å². The first-order valence-corrected chi connectivity index (χ1v) is 8.83. The van der Waals surface area contributed by atoms with Crippen LogP contribution in [0.25, 0.3) is 0 Å². The Balaban J connectivity index is 3.13. The van der Waals surface area contributed by atoms with E-state index in [4.69, 9.17) is 0 Å². The lowest BCUT2D eigenvalue weighted by atomic mass is 10.1. The van der Waals surface area contributed by atoms with E-state index < -0.39 is 0 Å². The first kappa shape index (κ1) is 19.3. The van der Waals surface area contributed by atoms with Crippen molar-refractivity contribution in [3.8, 4) is 0 Å². The molecule has 0 unspecified atom stereocenters. The highest BCUT2D eigenvalue weighted by Gasteiger charge is 1.98. The summed E-state index contributed by atoms with van der Waals surface area (Å²) in [6, 6.07) is 0.00659. The maximum Gasteiger partial charge on any atom is 0.314 e. The van der Waals surface area contributed by atoms with Crippen LogP contribution in [0.15, 0.2) is 0 Å². The summed E-state index contributed by atoms with van der Waals surface area (Å²) in [6.45, 7) is 6.09. The van der Waals surface area contributed by atoms with Crippen molar-refractivity contribution in [3.63, 3.8) is 0 Å². The van der Waals surface area contributed by atoms with Gasteiger partial charge < -0.3 is 10.6 Å². The van der Waals surface area contributed by atoms with Crippen LogP contribution in [0.2, 0.25) is 0 Å². The van der Waals surface area contributed by atoms with Gasteiger partial charge in [0.25, 0.3) is 0 Å². The van der Waals surface area contributed by atoms with Crippen LogP contribution in [0.5, 0.6) is 0 Å². The second kappa shape index (κ2) is 16.3. The van der Waals surface area contributed by atoms with Crippen molar-refractivity contribution in [2.24, 2.45) is 0 Å². The Morgan fingerprint density at radius 2 is 0.950 bits per heavy atom. The highest BCUT2D eigenvalue weighted by molar-refractivity contribution is 5.73. The summed E-state index contributed by atoms with van der Waals surface area (Å²) >= 11 is 0. The molecule has 0 aliphatic rings. The molecule has 20 heavy (non-hydrogen) atoms. The first-order chi connectivity index (χ1) is 9.81. The number of rotatable bonds is 14. The normalized spacial score (nSPS) is 10.5. The van der Waals surface area contributed by atoms with E-state index in [2.05, 4.69) is 24.5 Å². The zero-order valence-corrected chi connectivity index (χ0v) is 13.8. The van der Waals surface area contributed by atoms with Crippen LogP contribution in [-0.4, -0.2) is 19.1 Å². The van der Waals surface area contributed by atoms with Gasteiger partial charge in [0.15, 0.2) is 0 Å². The number of hydrogen-bond acceptors (Lipinski definition) is 1. The number of hydrogen-bond donors (Lipinski definition) is 2. The molecule has 0 aromatic heterocycles. The van der Waals surface area contributed by atoms with Crippen molar-refractivity contribution in [3.05, 3.63) is 0 Å². The lowest BCUT2D eigenvalue weighted by molar-refractivity contribution is 0.240. The molecule has 0 radical (unpaired) electrons. The van der Waals surface area contributed by atoms with E-state index in [0.29, 0.717) is 0 Å². The third-order valence-corrected chi connectivity index (χ3v) is 3.63. The smallest absolute Gasteiger partial charge is 0.314 e. The standard InChI is InChI=1S/C17H36N2O/c1-3-5-7-9-11-13-15-18-17(20)19-16-14-12-10-8-6-4-2/h3-16H2,1-2H3,(H2,18,19,20). The fourth-order valence-corrected chi connectivity index (χ4v) is 2.28. The average molecular weight is 284 g/mol. The van der Waals surface area contributed by atoms with E-state index in [-0.39, 0.29) is 6.03 Å². The highest BCUT2D eigenvalue weighted by Crippen LogP contribution is 2.04. The predicted octanol–water partition coefficient (Wildman–Crippen LogP) is 5.01. The Kier molecular flexibility index (Phi) is 15.7. The van der Waals surface area contributed by atoms with Gasteiger partial charge in [-0.05, 0) is 12.8 Å². The Hall–Kier alpha value is -0.730. The molecule has 0 aromatic rings. The zero-order chi connectivity index (χ0) is 14.9. The van der Waals surface area contributed by atoms with Crippen LogP contribution in [0.3, 0.4) is 0 Å². The first-order valence-electron chi connectivity index (χ1n) is 8.83. The quantitative estimate of drug-likeness (QED) is 0.433. The molecule has 0 heterocycles. The van der Waals surface area contributed by atoms with E-state index in [1.807, 2.05) is 0 Å². The molecule has 3 heteroatoms.